The average molecular weight is 458 g/mol. The number of methoxy groups -OCH3 is 1. The minimum atomic E-state index is -0.425. The van der Waals surface area contributed by atoms with E-state index in [1.807, 2.05) is 12.1 Å². The van der Waals surface area contributed by atoms with Crippen LogP contribution in [-0.2, 0) is 9.47 Å². The number of carbonyl (C=O) groups is 2. The van der Waals surface area contributed by atoms with E-state index in [0.29, 0.717) is 50.6 Å². The van der Waals surface area contributed by atoms with Crippen LogP contribution < -0.4 is 15.1 Å². The standard InChI is InChI=1S/C20H23N7O4S/c1-30-19(32)24-11-15-13-27(20(29)31-15)14-2-3-17(23-10-14)25-6-8-26(9-7-25)18(28)16-12-21-4-5-22-16/h2-5,10,12,15H,6-9,11,13H2,1H3,(H,24,32)/t15-/m0/s1. The minimum absolute atomic E-state index is 0.121. The molecule has 2 amide bonds. The number of carbonyl (C=O) groups excluding carboxylic acids is 2. The zero-order chi connectivity index (χ0) is 22.5. The summed E-state index contributed by atoms with van der Waals surface area (Å²) < 4.78 is 10.2. The molecule has 0 bridgehead atoms. The number of hydrogen-bond donors (Lipinski definition) is 1. The molecule has 1 atom stereocenters. The largest absolute Gasteiger partial charge is 0.474 e. The Labute approximate surface area is 190 Å². The Morgan fingerprint density at radius 1 is 1.22 bits per heavy atom. The molecule has 4 heterocycles. The number of hydrogen-bond acceptors (Lipinski definition) is 9. The molecule has 0 aliphatic carbocycles. The maximum Gasteiger partial charge on any atom is 0.414 e. The predicted molar refractivity (Wildman–Crippen MR) is 120 cm³/mol. The molecule has 0 aromatic carbocycles. The van der Waals surface area contributed by atoms with Crippen LogP contribution in [0, 0.1) is 0 Å². The average Bonchev–Trinajstić information content (AvgIpc) is 3.23. The number of rotatable bonds is 5. The molecule has 168 valence electrons. The van der Waals surface area contributed by atoms with Gasteiger partial charge in [0.15, 0.2) is 0 Å². The van der Waals surface area contributed by atoms with Gasteiger partial charge in [-0.15, -0.1) is 0 Å². The summed E-state index contributed by atoms with van der Waals surface area (Å²) in [4.78, 5) is 42.7. The molecule has 12 heteroatoms. The van der Waals surface area contributed by atoms with Gasteiger partial charge in [0, 0.05) is 38.6 Å². The summed E-state index contributed by atoms with van der Waals surface area (Å²) >= 11 is 4.94. The van der Waals surface area contributed by atoms with Gasteiger partial charge in [0.25, 0.3) is 11.1 Å². The SMILES string of the molecule is COC(=S)NC[C@H]1CN(c2ccc(N3CCN(C(=O)c4cnccn4)CC3)nc2)C(=O)O1. The smallest absolute Gasteiger partial charge is 0.414 e. The first kappa shape index (κ1) is 21.7. The first-order chi connectivity index (χ1) is 15.5. The van der Waals surface area contributed by atoms with Crippen molar-refractivity contribution in [3.8, 4) is 0 Å². The third kappa shape index (κ3) is 4.85. The van der Waals surface area contributed by atoms with Crippen molar-refractivity contribution in [3.63, 3.8) is 0 Å². The van der Waals surface area contributed by atoms with E-state index in [1.165, 1.54) is 24.4 Å². The van der Waals surface area contributed by atoms with Crippen molar-refractivity contribution in [3.05, 3.63) is 42.6 Å². The van der Waals surface area contributed by atoms with Gasteiger partial charge < -0.3 is 24.6 Å². The molecule has 2 aromatic rings. The van der Waals surface area contributed by atoms with Crippen LogP contribution in [0.25, 0.3) is 0 Å². The lowest BCUT2D eigenvalue weighted by atomic mass is 10.2. The zero-order valence-electron chi connectivity index (χ0n) is 17.5. The van der Waals surface area contributed by atoms with E-state index in [0.717, 1.165) is 5.82 Å². The fourth-order valence-corrected chi connectivity index (χ4v) is 3.63. The van der Waals surface area contributed by atoms with E-state index in [2.05, 4.69) is 25.2 Å². The second-order valence-corrected chi connectivity index (χ2v) is 7.60. The first-order valence-corrected chi connectivity index (χ1v) is 10.5. The summed E-state index contributed by atoms with van der Waals surface area (Å²) in [5.74, 6) is 0.667. The number of thiocarbonyl (C=S) groups is 1. The van der Waals surface area contributed by atoms with Crippen LogP contribution in [0.3, 0.4) is 0 Å². The number of aromatic nitrogens is 3. The molecule has 0 radical (unpaired) electrons. The van der Waals surface area contributed by atoms with Crippen LogP contribution in [-0.4, -0.2) is 89.5 Å². The van der Waals surface area contributed by atoms with Crippen molar-refractivity contribution >= 4 is 40.9 Å². The minimum Gasteiger partial charge on any atom is -0.474 e. The lowest BCUT2D eigenvalue weighted by Crippen LogP contribution is -2.49. The highest BCUT2D eigenvalue weighted by Crippen LogP contribution is 2.23. The fraction of sp³-hybridized carbons (Fsp3) is 0.400. The quantitative estimate of drug-likeness (QED) is 0.643. The number of anilines is 2. The van der Waals surface area contributed by atoms with Gasteiger partial charge in [-0.3, -0.25) is 14.7 Å². The van der Waals surface area contributed by atoms with Gasteiger partial charge in [0.05, 0.1) is 38.3 Å². The molecule has 2 saturated heterocycles. The van der Waals surface area contributed by atoms with Gasteiger partial charge in [-0.1, -0.05) is 0 Å². The van der Waals surface area contributed by atoms with Crippen molar-refractivity contribution < 1.29 is 19.1 Å². The Bertz CT molecular complexity index is 968. The van der Waals surface area contributed by atoms with E-state index < -0.39 is 6.09 Å². The Kier molecular flexibility index (Phi) is 6.59. The van der Waals surface area contributed by atoms with Crippen molar-refractivity contribution in [2.45, 2.75) is 6.10 Å². The van der Waals surface area contributed by atoms with Crippen LogP contribution in [0.15, 0.2) is 36.9 Å². The van der Waals surface area contributed by atoms with Crippen LogP contribution in [0.2, 0.25) is 0 Å². The number of cyclic esters (lactones) is 1. The van der Waals surface area contributed by atoms with Crippen molar-refractivity contribution in [2.75, 3.05) is 56.2 Å². The second-order valence-electron chi connectivity index (χ2n) is 7.23. The van der Waals surface area contributed by atoms with Gasteiger partial charge in [-0.2, -0.15) is 0 Å². The lowest BCUT2D eigenvalue weighted by molar-refractivity contribution is 0.0740. The Hall–Kier alpha value is -3.54. The molecule has 32 heavy (non-hydrogen) atoms. The molecule has 0 unspecified atom stereocenters. The number of amides is 2. The van der Waals surface area contributed by atoms with Crippen LogP contribution in [0.1, 0.15) is 10.5 Å². The molecule has 0 saturated carbocycles. The number of ether oxygens (including phenoxy) is 2. The van der Waals surface area contributed by atoms with Crippen LogP contribution >= 0.6 is 12.2 Å². The molecule has 2 aliphatic heterocycles. The number of nitrogens with one attached hydrogen (secondary N) is 1. The highest BCUT2D eigenvalue weighted by atomic mass is 32.1. The summed E-state index contributed by atoms with van der Waals surface area (Å²) in [6.45, 7) is 3.19. The Balaban J connectivity index is 1.31. The normalized spacial score (nSPS) is 18.3. The third-order valence-corrected chi connectivity index (χ3v) is 5.56. The highest BCUT2D eigenvalue weighted by molar-refractivity contribution is 7.80. The lowest BCUT2D eigenvalue weighted by Gasteiger charge is -2.35. The number of piperazine rings is 1. The Morgan fingerprint density at radius 2 is 2.03 bits per heavy atom. The molecule has 4 rings (SSSR count). The van der Waals surface area contributed by atoms with Crippen LogP contribution in [0.4, 0.5) is 16.3 Å². The van der Waals surface area contributed by atoms with Crippen LogP contribution in [0.5, 0.6) is 0 Å². The highest BCUT2D eigenvalue weighted by Gasteiger charge is 2.33. The van der Waals surface area contributed by atoms with Crippen molar-refractivity contribution in [1.82, 2.24) is 25.2 Å². The topological polar surface area (TPSA) is 113 Å². The summed E-state index contributed by atoms with van der Waals surface area (Å²) in [6, 6.07) is 3.71. The summed E-state index contributed by atoms with van der Waals surface area (Å²) in [6.07, 6.45) is 5.42. The Morgan fingerprint density at radius 3 is 2.69 bits per heavy atom. The number of nitrogens with zero attached hydrogens (tertiary/aromatic N) is 6. The molecular weight excluding hydrogens is 434 g/mol. The van der Waals surface area contributed by atoms with Gasteiger partial charge in [0.2, 0.25) is 0 Å². The van der Waals surface area contributed by atoms with E-state index in [1.54, 1.807) is 17.3 Å². The predicted octanol–water partition coefficient (Wildman–Crippen LogP) is 0.680. The third-order valence-electron chi connectivity index (χ3n) is 5.25. The summed E-state index contributed by atoms with van der Waals surface area (Å²) in [7, 11) is 1.48. The first-order valence-electron chi connectivity index (χ1n) is 10.1. The van der Waals surface area contributed by atoms with Crippen molar-refractivity contribution in [1.29, 1.82) is 0 Å². The van der Waals surface area contributed by atoms with E-state index >= 15 is 0 Å². The molecule has 2 aliphatic rings. The molecule has 2 fully saturated rings. The van der Waals surface area contributed by atoms with Gasteiger partial charge in [0.1, 0.15) is 17.6 Å². The van der Waals surface area contributed by atoms with Crippen molar-refractivity contribution in [2.24, 2.45) is 0 Å². The monoisotopic (exact) mass is 457 g/mol. The van der Waals surface area contributed by atoms with E-state index in [9.17, 15) is 9.59 Å². The second kappa shape index (κ2) is 9.73. The molecule has 2 aromatic heterocycles. The van der Waals surface area contributed by atoms with Gasteiger partial charge >= 0.3 is 6.09 Å². The molecule has 1 N–H and O–H groups in total. The van der Waals surface area contributed by atoms with E-state index in [-0.39, 0.29) is 17.2 Å². The number of pyridine rings is 1. The molecule has 0 spiro atoms. The maximum absolute atomic E-state index is 12.5. The summed E-state index contributed by atoms with van der Waals surface area (Å²) in [5.41, 5.74) is 1.01. The van der Waals surface area contributed by atoms with E-state index in [4.69, 9.17) is 21.7 Å². The molecule has 11 nitrogen and oxygen atoms in total. The fourth-order valence-electron chi connectivity index (χ4n) is 3.54. The van der Waals surface area contributed by atoms with Gasteiger partial charge in [-0.05, 0) is 24.4 Å². The van der Waals surface area contributed by atoms with Gasteiger partial charge in [-0.25, -0.2) is 14.8 Å². The zero-order valence-corrected chi connectivity index (χ0v) is 18.3. The maximum atomic E-state index is 12.5. The molecular formula is C20H23N7O4S. The summed E-state index contributed by atoms with van der Waals surface area (Å²) in [5, 5.41) is 3.14.